The van der Waals surface area contributed by atoms with Gasteiger partial charge in [0.1, 0.15) is 5.58 Å². The number of aromatic nitrogens is 3. The van der Waals surface area contributed by atoms with E-state index in [-0.39, 0.29) is 0 Å². The number of rotatable bonds is 3. The summed E-state index contributed by atoms with van der Waals surface area (Å²) >= 11 is 0. The van der Waals surface area contributed by atoms with Crippen LogP contribution in [0.5, 0.6) is 0 Å². The molecule has 0 aliphatic heterocycles. The molecule has 0 fully saturated rings. The van der Waals surface area contributed by atoms with E-state index in [1.54, 1.807) is 0 Å². The minimum atomic E-state index is 0.594. The number of fused-ring (bicyclic) bond motifs is 8. The molecule has 4 heteroatoms. The second-order valence-electron chi connectivity index (χ2n) is 10.6. The van der Waals surface area contributed by atoms with E-state index >= 15 is 0 Å². The van der Waals surface area contributed by atoms with E-state index in [4.69, 9.17) is 14.4 Å². The van der Waals surface area contributed by atoms with Crippen molar-refractivity contribution in [2.24, 2.45) is 0 Å². The van der Waals surface area contributed by atoms with Gasteiger partial charge >= 0.3 is 0 Å². The quantitative estimate of drug-likeness (QED) is 0.225. The van der Waals surface area contributed by atoms with Gasteiger partial charge < -0.3 is 8.98 Å². The van der Waals surface area contributed by atoms with Gasteiger partial charge in [-0.05, 0) is 47.2 Å². The Labute approximate surface area is 241 Å². The number of hydrogen-bond acceptors (Lipinski definition) is 3. The van der Waals surface area contributed by atoms with Gasteiger partial charge in [-0.25, -0.2) is 4.98 Å². The lowest BCUT2D eigenvalue weighted by Crippen LogP contribution is -1.95. The molecule has 0 N–H and O–H groups in total. The second kappa shape index (κ2) is 8.88. The first-order chi connectivity index (χ1) is 20.8. The number of furan rings is 1. The van der Waals surface area contributed by atoms with Gasteiger partial charge in [-0.3, -0.25) is 0 Å². The van der Waals surface area contributed by atoms with Gasteiger partial charge in [0.25, 0.3) is 0 Å². The molecule has 0 unspecified atom stereocenters. The molecule has 0 bridgehead atoms. The van der Waals surface area contributed by atoms with E-state index in [1.807, 2.05) is 36.4 Å². The summed E-state index contributed by atoms with van der Waals surface area (Å²) in [4.78, 5) is 10.2. The summed E-state index contributed by atoms with van der Waals surface area (Å²) in [5.41, 5.74) is 7.72. The van der Waals surface area contributed by atoms with Gasteiger partial charge in [-0.1, -0.05) is 103 Å². The van der Waals surface area contributed by atoms with Crippen LogP contribution in [0.3, 0.4) is 0 Å². The van der Waals surface area contributed by atoms with Crippen molar-refractivity contribution < 1.29 is 4.42 Å². The zero-order valence-corrected chi connectivity index (χ0v) is 22.5. The molecule has 0 aliphatic rings. The zero-order valence-electron chi connectivity index (χ0n) is 22.5. The molecule has 0 aliphatic carbocycles. The average Bonchev–Trinajstić information content (AvgIpc) is 3.61. The summed E-state index contributed by atoms with van der Waals surface area (Å²) in [5.74, 6) is 0.647. The van der Waals surface area contributed by atoms with Gasteiger partial charge in [0, 0.05) is 33.0 Å². The molecule has 0 saturated heterocycles. The fourth-order valence-corrected chi connectivity index (χ4v) is 6.34. The van der Waals surface area contributed by atoms with E-state index in [0.29, 0.717) is 11.5 Å². The summed E-state index contributed by atoms with van der Waals surface area (Å²) < 4.78 is 8.78. The van der Waals surface area contributed by atoms with E-state index in [2.05, 4.69) is 108 Å². The first-order valence-electron chi connectivity index (χ1n) is 14.1. The smallest absolute Gasteiger partial charge is 0.231 e. The highest BCUT2D eigenvalue weighted by molar-refractivity contribution is 6.22. The topological polar surface area (TPSA) is 43.9 Å². The van der Waals surface area contributed by atoms with Crippen LogP contribution in [0.1, 0.15) is 0 Å². The van der Waals surface area contributed by atoms with Crippen LogP contribution in [-0.2, 0) is 0 Å². The third-order valence-corrected chi connectivity index (χ3v) is 8.22. The zero-order chi connectivity index (χ0) is 27.6. The molecule has 0 amide bonds. The van der Waals surface area contributed by atoms with Gasteiger partial charge in [-0.15, -0.1) is 0 Å². The van der Waals surface area contributed by atoms with Crippen molar-refractivity contribution in [1.82, 2.24) is 14.5 Å². The van der Waals surface area contributed by atoms with E-state index in [9.17, 15) is 0 Å². The normalized spacial score (nSPS) is 11.8. The minimum Gasteiger partial charge on any atom is -0.438 e. The molecule has 0 spiro atoms. The largest absolute Gasteiger partial charge is 0.438 e. The molecule has 9 aromatic rings. The molecule has 0 saturated carbocycles. The molecule has 42 heavy (non-hydrogen) atoms. The predicted molar refractivity (Wildman–Crippen MR) is 172 cm³/mol. The summed E-state index contributed by atoms with van der Waals surface area (Å²) in [5, 5.41) is 6.66. The Morgan fingerprint density at radius 2 is 1.21 bits per heavy atom. The molecule has 3 aromatic heterocycles. The summed E-state index contributed by atoms with van der Waals surface area (Å²) in [7, 11) is 0. The van der Waals surface area contributed by atoms with Crippen LogP contribution in [0.2, 0.25) is 0 Å². The third kappa shape index (κ3) is 3.36. The molecule has 4 nitrogen and oxygen atoms in total. The van der Waals surface area contributed by atoms with Crippen molar-refractivity contribution in [3.63, 3.8) is 0 Å². The van der Waals surface area contributed by atoms with Crippen molar-refractivity contribution in [1.29, 1.82) is 0 Å². The highest BCUT2D eigenvalue weighted by Gasteiger charge is 2.21. The molecule has 0 atom stereocenters. The van der Waals surface area contributed by atoms with Crippen molar-refractivity contribution >= 4 is 54.6 Å². The fourth-order valence-electron chi connectivity index (χ4n) is 6.34. The van der Waals surface area contributed by atoms with E-state index in [1.165, 1.54) is 16.3 Å². The summed E-state index contributed by atoms with van der Waals surface area (Å²) in [6.45, 7) is 0. The Morgan fingerprint density at radius 1 is 0.500 bits per heavy atom. The Morgan fingerprint density at radius 3 is 2.07 bits per heavy atom. The van der Waals surface area contributed by atoms with Crippen LogP contribution < -0.4 is 0 Å². The molecule has 6 aromatic carbocycles. The minimum absolute atomic E-state index is 0.594. The molecular formula is C38H23N3O. The number of para-hydroxylation sites is 2. The lowest BCUT2D eigenvalue weighted by molar-refractivity contribution is 0.654. The number of benzene rings is 6. The van der Waals surface area contributed by atoms with Crippen LogP contribution in [0.15, 0.2) is 144 Å². The standard InChI is InChI=1S/C38H23N3O/c1-3-12-25(13-4-1)37-39-36(35-34-28-16-8-7-11-24(28)20-22-33(34)42-38(35)40-37)26-19-21-32-30(23-26)29-17-9-10-18-31(29)41(32)27-14-5-2-6-15-27/h1-23H. The van der Waals surface area contributed by atoms with Crippen LogP contribution in [0.25, 0.3) is 83.0 Å². The van der Waals surface area contributed by atoms with Crippen LogP contribution >= 0.6 is 0 Å². The second-order valence-corrected chi connectivity index (χ2v) is 10.6. The van der Waals surface area contributed by atoms with Crippen LogP contribution in [-0.4, -0.2) is 14.5 Å². The highest BCUT2D eigenvalue weighted by atomic mass is 16.3. The maximum absolute atomic E-state index is 6.45. The summed E-state index contributed by atoms with van der Waals surface area (Å²) in [6.07, 6.45) is 0. The predicted octanol–water partition coefficient (Wildman–Crippen LogP) is 9.96. The monoisotopic (exact) mass is 537 g/mol. The fraction of sp³-hybridized carbons (Fsp3) is 0. The van der Waals surface area contributed by atoms with Crippen LogP contribution in [0, 0.1) is 0 Å². The first kappa shape index (κ1) is 23.0. The Balaban J connectivity index is 1.40. The number of hydrogen-bond donors (Lipinski definition) is 0. The van der Waals surface area contributed by atoms with E-state index < -0.39 is 0 Å². The first-order valence-corrected chi connectivity index (χ1v) is 14.1. The Kier molecular flexibility index (Phi) is 4.87. The molecule has 196 valence electrons. The number of nitrogens with zero attached hydrogens (tertiary/aromatic N) is 3. The van der Waals surface area contributed by atoms with Gasteiger partial charge in [0.05, 0.1) is 22.1 Å². The lowest BCUT2D eigenvalue weighted by Gasteiger charge is -2.09. The van der Waals surface area contributed by atoms with Gasteiger partial charge in [0.15, 0.2) is 5.82 Å². The highest BCUT2D eigenvalue weighted by Crippen LogP contribution is 2.41. The average molecular weight is 538 g/mol. The van der Waals surface area contributed by atoms with Crippen molar-refractivity contribution in [2.75, 3.05) is 0 Å². The molecule has 0 radical (unpaired) electrons. The van der Waals surface area contributed by atoms with E-state index in [0.717, 1.165) is 55.2 Å². The Bertz CT molecular complexity index is 2460. The summed E-state index contributed by atoms with van der Waals surface area (Å²) in [6, 6.07) is 48.5. The Hall–Kier alpha value is -5.74. The van der Waals surface area contributed by atoms with Gasteiger partial charge in [-0.2, -0.15) is 4.98 Å². The molecular weight excluding hydrogens is 514 g/mol. The molecule has 3 heterocycles. The third-order valence-electron chi connectivity index (χ3n) is 8.22. The van der Waals surface area contributed by atoms with Crippen molar-refractivity contribution in [2.45, 2.75) is 0 Å². The maximum atomic E-state index is 6.45. The maximum Gasteiger partial charge on any atom is 0.231 e. The van der Waals surface area contributed by atoms with Gasteiger partial charge in [0.2, 0.25) is 5.71 Å². The SMILES string of the molecule is c1ccc(-c2nc(-c3ccc4c(c3)c3ccccc3n4-c3ccccc3)c3c(n2)oc2ccc4ccccc4c23)cc1. The lowest BCUT2D eigenvalue weighted by atomic mass is 10.00. The van der Waals surface area contributed by atoms with Crippen molar-refractivity contribution in [3.8, 4) is 28.3 Å². The van der Waals surface area contributed by atoms with Crippen molar-refractivity contribution in [3.05, 3.63) is 140 Å². The molecule has 9 rings (SSSR count). The van der Waals surface area contributed by atoms with Crippen LogP contribution in [0.4, 0.5) is 0 Å².